The minimum Gasteiger partial charge on any atom is -0.301 e. The van der Waals surface area contributed by atoms with Crippen molar-refractivity contribution in [1.29, 1.82) is 0 Å². The van der Waals surface area contributed by atoms with Crippen molar-refractivity contribution >= 4 is 12.5 Å². The number of aliphatic imine (C=N–C) groups is 1. The van der Waals surface area contributed by atoms with E-state index < -0.39 is 0 Å². The molecule has 0 unspecified atom stereocenters. The Kier molecular flexibility index (Phi) is 7.00. The molecule has 0 aliphatic rings. The molecule has 11 heavy (non-hydrogen) atoms. The Labute approximate surface area is 68.7 Å². The molecule has 2 nitrogen and oxygen atoms in total. The summed E-state index contributed by atoms with van der Waals surface area (Å²) in [6, 6.07) is 0. The maximum atomic E-state index is 11.0. The monoisotopic (exact) mass is 155 g/mol. The lowest BCUT2D eigenvalue weighted by Gasteiger charge is -1.96. The van der Waals surface area contributed by atoms with Crippen molar-refractivity contribution < 1.29 is 4.79 Å². The van der Waals surface area contributed by atoms with Gasteiger partial charge in [-0.05, 0) is 19.6 Å². The summed E-state index contributed by atoms with van der Waals surface area (Å²) in [5.74, 6) is 0.371. The number of rotatable bonds is 7. The number of Topliss-reactive ketones (excluding diaryl/α,β-unsaturated/α-hetero) is 1. The molecule has 0 amide bonds. The fraction of sp³-hybridized carbons (Fsp3) is 0.778. The van der Waals surface area contributed by atoms with Crippen LogP contribution in [0.1, 0.15) is 39.0 Å². The van der Waals surface area contributed by atoms with Crippen molar-refractivity contribution in [2.45, 2.75) is 39.0 Å². The molecule has 0 atom stereocenters. The average Bonchev–Trinajstić information content (AvgIpc) is 2.01. The lowest BCUT2D eigenvalue weighted by atomic mass is 10.1. The van der Waals surface area contributed by atoms with Crippen LogP contribution in [0.25, 0.3) is 0 Å². The maximum absolute atomic E-state index is 11.0. The smallest absolute Gasteiger partial charge is 0.132 e. The second-order valence-electron chi connectivity index (χ2n) is 2.69. The van der Waals surface area contributed by atoms with Crippen molar-refractivity contribution in [1.82, 2.24) is 0 Å². The van der Waals surface area contributed by atoms with Crippen molar-refractivity contribution in [2.75, 3.05) is 6.54 Å². The van der Waals surface area contributed by atoms with E-state index in [0.29, 0.717) is 12.2 Å². The molecule has 0 aromatic carbocycles. The van der Waals surface area contributed by atoms with Crippen LogP contribution in [0.4, 0.5) is 0 Å². The van der Waals surface area contributed by atoms with Gasteiger partial charge < -0.3 is 4.99 Å². The molecule has 0 heterocycles. The van der Waals surface area contributed by atoms with Crippen LogP contribution in [-0.2, 0) is 4.79 Å². The molecule has 0 saturated heterocycles. The second-order valence-corrected chi connectivity index (χ2v) is 2.69. The number of nitrogens with zero attached hydrogens (tertiary/aromatic N) is 1. The molecule has 0 N–H and O–H groups in total. The third kappa shape index (κ3) is 7.23. The van der Waals surface area contributed by atoms with Crippen molar-refractivity contribution in [3.63, 3.8) is 0 Å². The summed E-state index contributed by atoms with van der Waals surface area (Å²) < 4.78 is 0. The summed E-state index contributed by atoms with van der Waals surface area (Å²) in [7, 11) is 0. The van der Waals surface area contributed by atoms with Gasteiger partial charge in [-0.25, -0.2) is 0 Å². The molecule has 0 aromatic rings. The fourth-order valence-corrected chi connectivity index (χ4v) is 0.887. The normalized spacial score (nSPS) is 9.55. The first kappa shape index (κ1) is 10.3. The average molecular weight is 155 g/mol. The van der Waals surface area contributed by atoms with Crippen molar-refractivity contribution in [3.05, 3.63) is 0 Å². The lowest BCUT2D eigenvalue weighted by molar-refractivity contribution is -0.119. The lowest BCUT2D eigenvalue weighted by Crippen LogP contribution is -1.97. The van der Waals surface area contributed by atoms with E-state index in [4.69, 9.17) is 0 Å². The van der Waals surface area contributed by atoms with Gasteiger partial charge in [0.25, 0.3) is 0 Å². The van der Waals surface area contributed by atoms with Gasteiger partial charge in [0.05, 0.1) is 0 Å². The van der Waals surface area contributed by atoms with E-state index in [0.717, 1.165) is 32.2 Å². The molecular formula is C9H17NO. The molecule has 0 radical (unpaired) electrons. The van der Waals surface area contributed by atoms with Gasteiger partial charge in [0, 0.05) is 19.4 Å². The molecule has 0 spiro atoms. The summed E-state index contributed by atoms with van der Waals surface area (Å²) in [5.41, 5.74) is 0. The van der Waals surface area contributed by atoms with Crippen molar-refractivity contribution in [2.24, 2.45) is 4.99 Å². The molecule has 0 aromatic heterocycles. The zero-order valence-corrected chi connectivity index (χ0v) is 7.31. The van der Waals surface area contributed by atoms with Gasteiger partial charge >= 0.3 is 0 Å². The first-order chi connectivity index (χ1) is 5.31. The van der Waals surface area contributed by atoms with Gasteiger partial charge in [0.2, 0.25) is 0 Å². The van der Waals surface area contributed by atoms with Crippen LogP contribution in [0.15, 0.2) is 4.99 Å². The molecule has 0 rings (SSSR count). The minimum absolute atomic E-state index is 0.371. The van der Waals surface area contributed by atoms with Crippen LogP contribution in [-0.4, -0.2) is 19.0 Å². The predicted molar refractivity (Wildman–Crippen MR) is 48.2 cm³/mol. The van der Waals surface area contributed by atoms with E-state index in [9.17, 15) is 4.79 Å². The molecule has 2 heteroatoms. The van der Waals surface area contributed by atoms with Gasteiger partial charge in [-0.15, -0.1) is 0 Å². The topological polar surface area (TPSA) is 29.4 Å². The van der Waals surface area contributed by atoms with Crippen LogP contribution < -0.4 is 0 Å². The van der Waals surface area contributed by atoms with Crippen LogP contribution in [0.2, 0.25) is 0 Å². The second kappa shape index (κ2) is 7.45. The number of carbonyl (C=O) groups excluding carboxylic acids is 1. The van der Waals surface area contributed by atoms with E-state index in [1.807, 2.05) is 0 Å². The van der Waals surface area contributed by atoms with Crippen LogP contribution >= 0.6 is 0 Å². The quantitative estimate of drug-likeness (QED) is 0.409. The highest BCUT2D eigenvalue weighted by Gasteiger charge is 1.98. The third-order valence-corrected chi connectivity index (χ3v) is 1.58. The molecule has 0 aliphatic heterocycles. The molecule has 64 valence electrons. The standard InChI is InChI=1S/C9H17NO/c1-3-4-6-9(11)7-5-8-10-2/h2-8H2,1H3. The number of hydrogen-bond acceptors (Lipinski definition) is 2. The van der Waals surface area contributed by atoms with Gasteiger partial charge in [-0.2, -0.15) is 0 Å². The molecule has 0 saturated carbocycles. The predicted octanol–water partition coefficient (Wildman–Crippen LogP) is 2.23. The SMILES string of the molecule is C=NCCCC(=O)CCCC. The van der Waals surface area contributed by atoms with Crippen LogP contribution in [0.5, 0.6) is 0 Å². The Bertz CT molecular complexity index is 121. The molecule has 0 fully saturated rings. The van der Waals surface area contributed by atoms with E-state index >= 15 is 0 Å². The Hall–Kier alpha value is -0.660. The maximum Gasteiger partial charge on any atom is 0.132 e. The van der Waals surface area contributed by atoms with Gasteiger partial charge in [0.15, 0.2) is 0 Å². The largest absolute Gasteiger partial charge is 0.301 e. The highest BCUT2D eigenvalue weighted by molar-refractivity contribution is 5.78. The Morgan fingerprint density at radius 3 is 2.55 bits per heavy atom. The number of hydrogen-bond donors (Lipinski definition) is 0. The molecule has 0 bridgehead atoms. The van der Waals surface area contributed by atoms with E-state index in [1.165, 1.54) is 0 Å². The first-order valence-corrected chi connectivity index (χ1v) is 4.25. The zero-order chi connectivity index (χ0) is 8.53. The Morgan fingerprint density at radius 2 is 2.00 bits per heavy atom. The van der Waals surface area contributed by atoms with Gasteiger partial charge in [-0.3, -0.25) is 4.79 Å². The van der Waals surface area contributed by atoms with Crippen LogP contribution in [0, 0.1) is 0 Å². The van der Waals surface area contributed by atoms with Crippen LogP contribution in [0.3, 0.4) is 0 Å². The highest BCUT2D eigenvalue weighted by atomic mass is 16.1. The summed E-state index contributed by atoms with van der Waals surface area (Å²) in [4.78, 5) is 14.7. The summed E-state index contributed by atoms with van der Waals surface area (Å²) in [5, 5.41) is 0. The first-order valence-electron chi connectivity index (χ1n) is 4.25. The number of ketones is 1. The summed E-state index contributed by atoms with van der Waals surface area (Å²) in [6.07, 6.45) is 4.42. The number of carbonyl (C=O) groups is 1. The summed E-state index contributed by atoms with van der Waals surface area (Å²) in [6.45, 7) is 6.17. The zero-order valence-electron chi connectivity index (χ0n) is 7.31. The number of unbranched alkanes of at least 4 members (excludes halogenated alkanes) is 1. The van der Waals surface area contributed by atoms with E-state index in [1.54, 1.807) is 0 Å². The highest BCUT2D eigenvalue weighted by Crippen LogP contribution is 2.00. The molecule has 0 aliphatic carbocycles. The Morgan fingerprint density at radius 1 is 1.36 bits per heavy atom. The third-order valence-electron chi connectivity index (χ3n) is 1.58. The van der Waals surface area contributed by atoms with E-state index in [2.05, 4.69) is 18.6 Å². The minimum atomic E-state index is 0.371. The molecular weight excluding hydrogens is 138 g/mol. The fourth-order valence-electron chi connectivity index (χ4n) is 0.887. The van der Waals surface area contributed by atoms with Crippen molar-refractivity contribution in [3.8, 4) is 0 Å². The summed E-state index contributed by atoms with van der Waals surface area (Å²) >= 11 is 0. The van der Waals surface area contributed by atoms with Gasteiger partial charge in [0.1, 0.15) is 5.78 Å². The Balaban J connectivity index is 3.15. The van der Waals surface area contributed by atoms with E-state index in [-0.39, 0.29) is 0 Å². The van der Waals surface area contributed by atoms with Gasteiger partial charge in [-0.1, -0.05) is 13.3 Å².